The molecule has 0 aliphatic rings. The Labute approximate surface area is 143 Å². The molecule has 2 aromatic heterocycles. The van der Waals surface area contributed by atoms with Gasteiger partial charge in [-0.05, 0) is 36.8 Å². The Bertz CT molecular complexity index is 841. The van der Waals surface area contributed by atoms with Gasteiger partial charge in [0.15, 0.2) is 12.4 Å². The SMILES string of the molecule is Cc1cccc(OCc2nnc(SCC(=O)c3cccn3C)o2)c1. The van der Waals surface area contributed by atoms with E-state index in [1.807, 2.05) is 50.5 Å². The number of benzene rings is 1. The molecule has 0 aliphatic carbocycles. The van der Waals surface area contributed by atoms with Crippen LogP contribution in [0.1, 0.15) is 21.9 Å². The highest BCUT2D eigenvalue weighted by Crippen LogP contribution is 2.19. The van der Waals surface area contributed by atoms with Gasteiger partial charge < -0.3 is 13.7 Å². The first kappa shape index (κ1) is 16.3. The number of hydrogen-bond acceptors (Lipinski definition) is 6. The number of Topliss-reactive ketones (excluding diaryl/α,β-unsaturated/α-hetero) is 1. The van der Waals surface area contributed by atoms with Crippen LogP contribution in [-0.2, 0) is 13.7 Å². The van der Waals surface area contributed by atoms with Gasteiger partial charge in [0, 0.05) is 13.2 Å². The largest absolute Gasteiger partial charge is 0.484 e. The van der Waals surface area contributed by atoms with Gasteiger partial charge in [0.25, 0.3) is 11.1 Å². The Morgan fingerprint density at radius 1 is 1.29 bits per heavy atom. The predicted molar refractivity (Wildman–Crippen MR) is 90.3 cm³/mol. The highest BCUT2D eigenvalue weighted by Gasteiger charge is 2.13. The third-order valence-corrected chi connectivity index (χ3v) is 4.17. The number of ketones is 1. The van der Waals surface area contributed by atoms with Gasteiger partial charge in [-0.2, -0.15) is 0 Å². The molecule has 7 heteroatoms. The van der Waals surface area contributed by atoms with E-state index in [-0.39, 0.29) is 18.1 Å². The minimum atomic E-state index is 0.0169. The molecular formula is C17H17N3O3S. The molecular weight excluding hydrogens is 326 g/mol. The third-order valence-electron chi connectivity index (χ3n) is 3.36. The Morgan fingerprint density at radius 3 is 2.92 bits per heavy atom. The molecule has 0 aliphatic heterocycles. The molecule has 2 heterocycles. The lowest BCUT2D eigenvalue weighted by atomic mass is 10.2. The normalized spacial score (nSPS) is 10.8. The van der Waals surface area contributed by atoms with Crippen molar-refractivity contribution in [2.45, 2.75) is 18.8 Å². The topological polar surface area (TPSA) is 70.2 Å². The van der Waals surface area contributed by atoms with Crippen molar-refractivity contribution >= 4 is 17.5 Å². The number of hydrogen-bond donors (Lipinski definition) is 0. The lowest BCUT2D eigenvalue weighted by Gasteiger charge is -2.03. The molecule has 0 fully saturated rings. The molecule has 0 atom stereocenters. The lowest BCUT2D eigenvalue weighted by Crippen LogP contribution is -2.07. The molecule has 0 amide bonds. The fraction of sp³-hybridized carbons (Fsp3) is 0.235. The molecule has 0 N–H and O–H groups in total. The maximum atomic E-state index is 12.1. The van der Waals surface area contributed by atoms with Crippen LogP contribution in [0.25, 0.3) is 0 Å². The summed E-state index contributed by atoms with van der Waals surface area (Å²) in [5.41, 5.74) is 1.78. The van der Waals surface area contributed by atoms with E-state index >= 15 is 0 Å². The molecule has 0 radical (unpaired) electrons. The molecule has 0 unspecified atom stereocenters. The summed E-state index contributed by atoms with van der Waals surface area (Å²) >= 11 is 1.22. The van der Waals surface area contributed by atoms with Crippen molar-refractivity contribution in [1.29, 1.82) is 0 Å². The maximum absolute atomic E-state index is 12.1. The van der Waals surface area contributed by atoms with Crippen molar-refractivity contribution in [1.82, 2.24) is 14.8 Å². The Hall–Kier alpha value is -2.54. The van der Waals surface area contributed by atoms with Crippen molar-refractivity contribution in [3.05, 3.63) is 59.7 Å². The van der Waals surface area contributed by atoms with E-state index in [4.69, 9.17) is 9.15 Å². The number of carbonyl (C=O) groups is 1. The molecule has 3 aromatic rings. The first-order valence-corrected chi connectivity index (χ1v) is 8.39. The van der Waals surface area contributed by atoms with Crippen molar-refractivity contribution in [3.8, 4) is 5.75 Å². The van der Waals surface area contributed by atoms with E-state index in [1.165, 1.54) is 11.8 Å². The molecule has 124 valence electrons. The average Bonchev–Trinajstić information content (AvgIpc) is 3.19. The Balaban J connectivity index is 1.52. The van der Waals surface area contributed by atoms with E-state index < -0.39 is 0 Å². The van der Waals surface area contributed by atoms with Crippen molar-refractivity contribution < 1.29 is 13.9 Å². The summed E-state index contributed by atoms with van der Waals surface area (Å²) in [7, 11) is 1.84. The predicted octanol–water partition coefficient (Wildman–Crippen LogP) is 3.27. The quantitative estimate of drug-likeness (QED) is 0.484. The number of nitrogens with zero attached hydrogens (tertiary/aromatic N) is 3. The van der Waals surface area contributed by atoms with Crippen LogP contribution in [-0.4, -0.2) is 26.3 Å². The Kier molecular flexibility index (Phi) is 5.00. The fourth-order valence-electron chi connectivity index (χ4n) is 2.16. The number of aromatic nitrogens is 3. The Morgan fingerprint density at radius 2 is 2.17 bits per heavy atom. The number of aryl methyl sites for hydroxylation is 2. The molecule has 0 spiro atoms. The molecule has 3 rings (SSSR count). The van der Waals surface area contributed by atoms with E-state index in [2.05, 4.69) is 10.2 Å². The summed E-state index contributed by atoms with van der Waals surface area (Å²) in [6.07, 6.45) is 1.84. The summed E-state index contributed by atoms with van der Waals surface area (Å²) in [6.45, 7) is 2.20. The van der Waals surface area contributed by atoms with Gasteiger partial charge in [-0.3, -0.25) is 4.79 Å². The van der Waals surface area contributed by atoms with Crippen molar-refractivity contribution in [2.24, 2.45) is 7.05 Å². The van der Waals surface area contributed by atoms with Crippen LogP contribution in [0.2, 0.25) is 0 Å². The lowest BCUT2D eigenvalue weighted by molar-refractivity contribution is 0.101. The first-order valence-electron chi connectivity index (χ1n) is 7.41. The zero-order valence-corrected chi connectivity index (χ0v) is 14.2. The maximum Gasteiger partial charge on any atom is 0.277 e. The minimum absolute atomic E-state index is 0.0169. The van der Waals surface area contributed by atoms with Crippen LogP contribution >= 0.6 is 11.8 Å². The fourth-order valence-corrected chi connectivity index (χ4v) is 2.81. The summed E-state index contributed by atoms with van der Waals surface area (Å²) in [5, 5.41) is 8.22. The molecule has 0 bridgehead atoms. The van der Waals surface area contributed by atoms with Crippen LogP contribution in [0.5, 0.6) is 5.75 Å². The monoisotopic (exact) mass is 343 g/mol. The number of thioether (sulfide) groups is 1. The van der Waals surface area contributed by atoms with Crippen LogP contribution < -0.4 is 4.74 Å². The zero-order valence-electron chi connectivity index (χ0n) is 13.4. The number of carbonyl (C=O) groups excluding carboxylic acids is 1. The zero-order chi connectivity index (χ0) is 16.9. The summed E-state index contributed by atoms with van der Waals surface area (Å²) < 4.78 is 12.9. The van der Waals surface area contributed by atoms with Crippen LogP contribution in [0, 0.1) is 6.92 Å². The second-order valence-electron chi connectivity index (χ2n) is 5.28. The van der Waals surface area contributed by atoms with Gasteiger partial charge in [-0.1, -0.05) is 23.9 Å². The second kappa shape index (κ2) is 7.35. The molecule has 0 saturated heterocycles. The van der Waals surface area contributed by atoms with Crippen LogP contribution in [0.15, 0.2) is 52.2 Å². The molecule has 0 saturated carbocycles. The summed E-state index contributed by atoms with van der Waals surface area (Å²) in [6, 6.07) is 11.4. The van der Waals surface area contributed by atoms with Crippen LogP contribution in [0.3, 0.4) is 0 Å². The number of ether oxygens (including phenoxy) is 1. The van der Waals surface area contributed by atoms with Crippen molar-refractivity contribution in [2.75, 3.05) is 5.75 Å². The first-order chi connectivity index (χ1) is 11.6. The highest BCUT2D eigenvalue weighted by molar-refractivity contribution is 7.99. The van der Waals surface area contributed by atoms with E-state index in [1.54, 1.807) is 10.6 Å². The second-order valence-corrected chi connectivity index (χ2v) is 6.21. The highest BCUT2D eigenvalue weighted by atomic mass is 32.2. The van der Waals surface area contributed by atoms with Crippen LogP contribution in [0.4, 0.5) is 0 Å². The molecule has 24 heavy (non-hydrogen) atoms. The third kappa shape index (κ3) is 4.05. The molecule has 1 aromatic carbocycles. The van der Waals surface area contributed by atoms with Gasteiger partial charge in [-0.25, -0.2) is 0 Å². The van der Waals surface area contributed by atoms with E-state index in [0.29, 0.717) is 16.8 Å². The summed E-state index contributed by atoms with van der Waals surface area (Å²) in [4.78, 5) is 12.1. The average molecular weight is 343 g/mol. The minimum Gasteiger partial charge on any atom is -0.484 e. The standard InChI is InChI=1S/C17H17N3O3S/c1-12-5-3-6-13(9-12)22-10-16-18-19-17(23-16)24-11-15(21)14-7-4-8-20(14)2/h3-9H,10-11H2,1-2H3. The van der Waals surface area contributed by atoms with Gasteiger partial charge in [-0.15, -0.1) is 10.2 Å². The summed E-state index contributed by atoms with van der Waals surface area (Å²) in [5.74, 6) is 1.40. The molecule has 6 nitrogen and oxygen atoms in total. The number of rotatable bonds is 7. The van der Waals surface area contributed by atoms with Crippen molar-refractivity contribution in [3.63, 3.8) is 0 Å². The van der Waals surface area contributed by atoms with Gasteiger partial charge in [0.05, 0.1) is 11.4 Å². The van der Waals surface area contributed by atoms with E-state index in [0.717, 1.165) is 11.3 Å². The van der Waals surface area contributed by atoms with Gasteiger partial charge in [0.2, 0.25) is 0 Å². The van der Waals surface area contributed by atoms with E-state index in [9.17, 15) is 4.79 Å². The van der Waals surface area contributed by atoms with Gasteiger partial charge >= 0.3 is 0 Å². The smallest absolute Gasteiger partial charge is 0.277 e. The van der Waals surface area contributed by atoms with Gasteiger partial charge in [0.1, 0.15) is 5.75 Å².